The van der Waals surface area contributed by atoms with Gasteiger partial charge in [0.2, 0.25) is 5.71 Å². The summed E-state index contributed by atoms with van der Waals surface area (Å²) in [7, 11) is 1.29. The lowest BCUT2D eigenvalue weighted by Gasteiger charge is -1.94. The number of aromatic nitrogens is 1. The van der Waals surface area contributed by atoms with E-state index >= 15 is 0 Å². The van der Waals surface area contributed by atoms with E-state index in [9.17, 15) is 4.79 Å². The van der Waals surface area contributed by atoms with E-state index in [1.165, 1.54) is 18.4 Å². The fourth-order valence-corrected chi connectivity index (χ4v) is 1.36. The Labute approximate surface area is 78.7 Å². The molecular formula is C7H8N2O3S. The fraction of sp³-hybridized carbons (Fsp3) is 0.286. The van der Waals surface area contributed by atoms with Gasteiger partial charge in [-0.1, -0.05) is 5.16 Å². The van der Waals surface area contributed by atoms with Crippen LogP contribution in [-0.4, -0.2) is 28.9 Å². The Bertz CT molecular complexity index is 345. The second-order valence-electron chi connectivity index (χ2n) is 2.18. The molecule has 0 aliphatic carbocycles. The first-order valence-corrected chi connectivity index (χ1v) is 4.30. The number of rotatable bonds is 3. The molecule has 0 amide bonds. The van der Waals surface area contributed by atoms with Crippen molar-refractivity contribution in [1.82, 2.24) is 4.98 Å². The lowest BCUT2D eigenvalue weighted by molar-refractivity contribution is -0.129. The van der Waals surface area contributed by atoms with Crippen LogP contribution in [0, 0.1) is 6.92 Å². The van der Waals surface area contributed by atoms with E-state index in [1.54, 1.807) is 12.3 Å². The summed E-state index contributed by atoms with van der Waals surface area (Å²) in [5, 5.41) is 14.5. The van der Waals surface area contributed by atoms with Crippen molar-refractivity contribution >= 4 is 23.0 Å². The number of hydrogen-bond acceptors (Lipinski definition) is 5. The van der Waals surface area contributed by atoms with Crippen LogP contribution in [0.3, 0.4) is 0 Å². The zero-order valence-corrected chi connectivity index (χ0v) is 7.96. The van der Waals surface area contributed by atoms with Gasteiger partial charge in [-0.25, -0.2) is 9.78 Å². The van der Waals surface area contributed by atoms with Crippen molar-refractivity contribution in [1.29, 1.82) is 0 Å². The van der Waals surface area contributed by atoms with Crippen molar-refractivity contribution in [3.63, 3.8) is 0 Å². The Balaban J connectivity index is 3.02. The van der Waals surface area contributed by atoms with Crippen LogP contribution in [0.2, 0.25) is 0 Å². The molecule has 0 saturated heterocycles. The lowest BCUT2D eigenvalue weighted by atomic mass is 10.3. The number of oxime groups is 1. The summed E-state index contributed by atoms with van der Waals surface area (Å²) in [5.74, 6) is -1.15. The molecule has 6 heteroatoms. The predicted octanol–water partition coefficient (Wildman–Crippen LogP) is 0.887. The van der Waals surface area contributed by atoms with Crippen LogP contribution in [0.15, 0.2) is 10.5 Å². The van der Waals surface area contributed by atoms with Crippen LogP contribution in [0.25, 0.3) is 0 Å². The highest BCUT2D eigenvalue weighted by molar-refractivity contribution is 7.09. The average molecular weight is 200 g/mol. The minimum Gasteiger partial charge on any atom is -0.476 e. The Morgan fingerprint density at radius 2 is 2.46 bits per heavy atom. The molecule has 1 aromatic rings. The maximum atomic E-state index is 10.7. The third-order valence-corrected chi connectivity index (χ3v) is 2.02. The summed E-state index contributed by atoms with van der Waals surface area (Å²) < 4.78 is 0. The smallest absolute Gasteiger partial charge is 0.360 e. The van der Waals surface area contributed by atoms with Crippen LogP contribution in [0.4, 0.5) is 0 Å². The monoisotopic (exact) mass is 200 g/mol. The first-order chi connectivity index (χ1) is 6.15. The summed E-state index contributed by atoms with van der Waals surface area (Å²) in [4.78, 5) is 19.0. The van der Waals surface area contributed by atoms with Crippen molar-refractivity contribution < 1.29 is 14.7 Å². The minimum absolute atomic E-state index is 0.174. The Morgan fingerprint density at radius 3 is 2.85 bits per heavy atom. The van der Waals surface area contributed by atoms with Crippen LogP contribution in [0.1, 0.15) is 10.7 Å². The van der Waals surface area contributed by atoms with Gasteiger partial charge < -0.3 is 9.94 Å². The van der Waals surface area contributed by atoms with Gasteiger partial charge in [0.1, 0.15) is 12.8 Å². The Kier molecular flexibility index (Phi) is 2.97. The van der Waals surface area contributed by atoms with E-state index in [0.717, 1.165) is 5.01 Å². The molecule has 0 aliphatic heterocycles. The van der Waals surface area contributed by atoms with Crippen LogP contribution >= 0.6 is 11.3 Å². The normalized spacial score (nSPS) is 11.4. The van der Waals surface area contributed by atoms with Gasteiger partial charge in [-0.3, -0.25) is 0 Å². The molecule has 0 atom stereocenters. The summed E-state index contributed by atoms with van der Waals surface area (Å²) in [5.41, 5.74) is 0.156. The molecule has 1 rings (SSSR count). The summed E-state index contributed by atoms with van der Waals surface area (Å²) >= 11 is 1.37. The molecule has 5 nitrogen and oxygen atoms in total. The van der Waals surface area contributed by atoms with Crippen LogP contribution in [-0.2, 0) is 9.63 Å². The summed E-state index contributed by atoms with van der Waals surface area (Å²) in [6.07, 6.45) is 0. The van der Waals surface area contributed by atoms with Crippen molar-refractivity contribution in [2.24, 2.45) is 5.16 Å². The van der Waals surface area contributed by atoms with Crippen molar-refractivity contribution in [2.75, 3.05) is 7.11 Å². The molecule has 13 heavy (non-hydrogen) atoms. The molecule has 0 aliphatic rings. The second-order valence-corrected chi connectivity index (χ2v) is 3.24. The largest absolute Gasteiger partial charge is 0.476 e. The quantitative estimate of drug-likeness (QED) is 0.581. The minimum atomic E-state index is -1.15. The topological polar surface area (TPSA) is 71.8 Å². The number of carboxylic acid groups (broad SMARTS) is 1. The molecule has 0 saturated carbocycles. The molecule has 0 spiro atoms. The number of nitrogens with zero attached hydrogens (tertiary/aromatic N) is 2. The van der Waals surface area contributed by atoms with E-state index in [2.05, 4.69) is 15.0 Å². The van der Waals surface area contributed by atoms with E-state index in [0.29, 0.717) is 5.69 Å². The van der Waals surface area contributed by atoms with Crippen molar-refractivity contribution in [3.05, 3.63) is 16.1 Å². The van der Waals surface area contributed by atoms with Gasteiger partial charge in [0.25, 0.3) is 0 Å². The fourth-order valence-electron chi connectivity index (χ4n) is 0.759. The molecule has 1 heterocycles. The van der Waals surface area contributed by atoms with E-state index in [-0.39, 0.29) is 5.71 Å². The predicted molar refractivity (Wildman–Crippen MR) is 48.0 cm³/mol. The molecule has 70 valence electrons. The number of carboxylic acids is 1. The van der Waals surface area contributed by atoms with E-state index < -0.39 is 5.97 Å². The van der Waals surface area contributed by atoms with Gasteiger partial charge in [-0.15, -0.1) is 11.3 Å². The van der Waals surface area contributed by atoms with Crippen LogP contribution < -0.4 is 0 Å². The second kappa shape index (κ2) is 3.99. The SMILES string of the molecule is CON=C(C(=O)O)c1csc(C)n1. The molecule has 0 radical (unpaired) electrons. The first-order valence-electron chi connectivity index (χ1n) is 3.42. The third-order valence-electron chi connectivity index (χ3n) is 1.25. The molecule has 0 aromatic carbocycles. The van der Waals surface area contributed by atoms with Gasteiger partial charge in [-0.05, 0) is 6.92 Å². The van der Waals surface area contributed by atoms with Gasteiger partial charge in [0.05, 0.1) is 5.01 Å². The van der Waals surface area contributed by atoms with Crippen molar-refractivity contribution in [3.8, 4) is 0 Å². The number of hydrogen-bond donors (Lipinski definition) is 1. The van der Waals surface area contributed by atoms with Crippen LogP contribution in [0.5, 0.6) is 0 Å². The summed E-state index contributed by atoms with van der Waals surface area (Å²) in [6.45, 7) is 1.79. The number of aryl methyl sites for hydroxylation is 1. The molecule has 0 unspecified atom stereocenters. The maximum Gasteiger partial charge on any atom is 0.360 e. The third kappa shape index (κ3) is 2.25. The highest BCUT2D eigenvalue weighted by Crippen LogP contribution is 2.09. The summed E-state index contributed by atoms with van der Waals surface area (Å²) in [6, 6.07) is 0. The molecule has 0 fully saturated rings. The lowest BCUT2D eigenvalue weighted by Crippen LogP contribution is -2.15. The molecule has 1 aromatic heterocycles. The highest BCUT2D eigenvalue weighted by atomic mass is 32.1. The highest BCUT2D eigenvalue weighted by Gasteiger charge is 2.16. The van der Waals surface area contributed by atoms with Gasteiger partial charge in [-0.2, -0.15) is 0 Å². The first kappa shape index (κ1) is 9.66. The average Bonchev–Trinajstić information content (AvgIpc) is 2.46. The zero-order chi connectivity index (χ0) is 9.84. The zero-order valence-electron chi connectivity index (χ0n) is 7.14. The maximum absolute atomic E-state index is 10.7. The number of carbonyl (C=O) groups is 1. The molecule has 1 N–H and O–H groups in total. The van der Waals surface area contributed by atoms with E-state index in [1.807, 2.05) is 0 Å². The number of thiazole rings is 1. The van der Waals surface area contributed by atoms with Gasteiger partial charge in [0, 0.05) is 5.38 Å². The van der Waals surface area contributed by atoms with Crippen molar-refractivity contribution in [2.45, 2.75) is 6.92 Å². The Hall–Kier alpha value is -1.43. The molecule has 0 bridgehead atoms. The molecular weight excluding hydrogens is 192 g/mol. The van der Waals surface area contributed by atoms with Gasteiger partial charge in [0.15, 0.2) is 0 Å². The van der Waals surface area contributed by atoms with E-state index in [4.69, 9.17) is 5.11 Å². The Morgan fingerprint density at radius 1 is 1.77 bits per heavy atom. The number of aliphatic carboxylic acids is 1. The standard InChI is InChI=1S/C7H8N2O3S/c1-4-8-5(3-13-4)6(7(10)11)9-12-2/h3H,1-2H3,(H,10,11). The van der Waals surface area contributed by atoms with Gasteiger partial charge >= 0.3 is 5.97 Å².